The summed E-state index contributed by atoms with van der Waals surface area (Å²) in [6.07, 6.45) is 0. The minimum atomic E-state index is -3.15. The maximum atomic E-state index is 12.3. The summed E-state index contributed by atoms with van der Waals surface area (Å²) in [5.74, 6) is 0. The van der Waals surface area contributed by atoms with Gasteiger partial charge in [-0.3, -0.25) is 0 Å². The molecule has 0 aromatic rings. The number of aliphatic hydroxyl groups excluding tert-OH is 2. The molecular weight excluding hydrogens is 332 g/mol. The minimum absolute atomic E-state index is 0.156. The summed E-state index contributed by atoms with van der Waals surface area (Å²) < 4.78 is -2.50. The summed E-state index contributed by atoms with van der Waals surface area (Å²) in [4.78, 5) is 52.2. The Morgan fingerprint density at radius 1 is 0.714 bits per heavy atom. The Balaban J connectivity index is 2.25. The van der Waals surface area contributed by atoms with E-state index in [1.165, 1.54) is 9.80 Å². The Morgan fingerprint density at radius 2 is 1.00 bits per heavy atom. The molecule has 123 valence electrons. The van der Waals surface area contributed by atoms with Gasteiger partial charge in [0.05, 0.1) is 0 Å². The molecule has 1 spiro atoms. The van der Waals surface area contributed by atoms with Crippen molar-refractivity contribution in [3.8, 4) is 0 Å². The Bertz CT molecular complexity index is 411. The van der Waals surface area contributed by atoms with E-state index in [1.54, 1.807) is 0 Å². The third kappa shape index (κ3) is 2.73. The summed E-state index contributed by atoms with van der Waals surface area (Å²) in [6, 6.07) is 0. The van der Waals surface area contributed by atoms with E-state index >= 15 is 0 Å². The zero-order chi connectivity index (χ0) is 15.6. The zero-order valence-corrected chi connectivity index (χ0v) is 12.3. The van der Waals surface area contributed by atoms with Crippen LogP contribution in [0.25, 0.3) is 0 Å². The van der Waals surface area contributed by atoms with Crippen LogP contribution in [0.3, 0.4) is 0 Å². The number of rotatable bonds is 4. The number of carbonyl (C=O) groups is 4. The van der Waals surface area contributed by atoms with Crippen molar-refractivity contribution in [3.63, 3.8) is 0 Å². The molecule has 0 atom stereocenters. The second kappa shape index (κ2) is 6.43. The molecule has 0 aromatic carbocycles. The number of hydrogen-bond acceptors (Lipinski definition) is 8. The normalized spacial score (nSPS) is 25.6. The van der Waals surface area contributed by atoms with Crippen LogP contribution in [0.4, 0.5) is 0 Å². The SMILES string of the molecule is O=[C]1CN(CCO)C[C](=O)[Cu]12[C](=O)CN(CCO)C[C]2=O. The molecule has 9 heteroatoms. The predicted molar refractivity (Wildman–Crippen MR) is 67.1 cm³/mol. The van der Waals surface area contributed by atoms with Crippen molar-refractivity contribution in [3.05, 3.63) is 0 Å². The average Bonchev–Trinajstić information content (AvgIpc) is 2.38. The molecule has 21 heavy (non-hydrogen) atoms. The van der Waals surface area contributed by atoms with Gasteiger partial charge in [-0.2, -0.15) is 0 Å². The molecule has 0 aliphatic carbocycles. The number of hydrogen-bond donors (Lipinski definition) is 2. The second-order valence-corrected chi connectivity index (χ2v) is 8.08. The van der Waals surface area contributed by atoms with Crippen LogP contribution in [-0.2, 0) is 32.0 Å². The Morgan fingerprint density at radius 3 is 1.24 bits per heavy atom. The van der Waals surface area contributed by atoms with E-state index in [9.17, 15) is 19.2 Å². The quantitative estimate of drug-likeness (QED) is 0.512. The topological polar surface area (TPSA) is 115 Å². The van der Waals surface area contributed by atoms with Crippen LogP contribution in [0, 0.1) is 0 Å². The fraction of sp³-hybridized carbons (Fsp3) is 0.667. The van der Waals surface area contributed by atoms with Crippen LogP contribution in [-0.4, -0.2) is 91.2 Å². The van der Waals surface area contributed by atoms with Gasteiger partial charge in [0, 0.05) is 0 Å². The van der Waals surface area contributed by atoms with E-state index in [0.29, 0.717) is 0 Å². The Hall–Kier alpha value is -0.961. The van der Waals surface area contributed by atoms with Crippen LogP contribution < -0.4 is 0 Å². The maximum absolute atomic E-state index is 12.3. The molecular formula is C12H18CuN2O6. The van der Waals surface area contributed by atoms with Gasteiger partial charge in [0.15, 0.2) is 0 Å². The van der Waals surface area contributed by atoms with Crippen LogP contribution in [0.2, 0.25) is 0 Å². The number of carbonyl (C=O) groups excluding carboxylic acids is 4. The van der Waals surface area contributed by atoms with Gasteiger partial charge in [0.2, 0.25) is 0 Å². The standard InChI is InChI=1S/2C6H9NO3.Cu/c2*8-4-1-7(2-5-9)3-6-10;/h2*8H,1-4H2;. The molecule has 0 radical (unpaired) electrons. The van der Waals surface area contributed by atoms with Crippen molar-refractivity contribution in [2.75, 3.05) is 52.5 Å². The van der Waals surface area contributed by atoms with E-state index in [2.05, 4.69) is 0 Å². The molecule has 2 heterocycles. The Kier molecular flexibility index (Phi) is 5.03. The second-order valence-electron chi connectivity index (χ2n) is 4.57. The van der Waals surface area contributed by atoms with E-state index < -0.39 is 31.6 Å². The molecule has 0 aromatic heterocycles. The molecule has 2 fully saturated rings. The van der Waals surface area contributed by atoms with Crippen molar-refractivity contribution >= 4 is 18.7 Å². The van der Waals surface area contributed by atoms with Gasteiger partial charge in [-0.25, -0.2) is 0 Å². The van der Waals surface area contributed by atoms with Crippen molar-refractivity contribution in [1.29, 1.82) is 0 Å². The third-order valence-electron chi connectivity index (χ3n) is 3.18. The summed E-state index contributed by atoms with van der Waals surface area (Å²) >= 11 is -3.15. The molecule has 0 saturated carbocycles. The van der Waals surface area contributed by atoms with Gasteiger partial charge in [-0.15, -0.1) is 0 Å². The first-order valence-electron chi connectivity index (χ1n) is 6.36. The average molecular weight is 350 g/mol. The molecule has 2 saturated heterocycles. The van der Waals surface area contributed by atoms with Gasteiger partial charge < -0.3 is 0 Å². The van der Waals surface area contributed by atoms with Crippen molar-refractivity contribution in [2.24, 2.45) is 0 Å². The third-order valence-corrected chi connectivity index (χ3v) is 6.93. The van der Waals surface area contributed by atoms with Crippen LogP contribution >= 0.6 is 0 Å². The van der Waals surface area contributed by atoms with E-state index in [1.807, 2.05) is 0 Å². The fourth-order valence-corrected chi connectivity index (χ4v) is 5.69. The van der Waals surface area contributed by atoms with Crippen LogP contribution in [0.15, 0.2) is 0 Å². The monoisotopic (exact) mass is 349 g/mol. The van der Waals surface area contributed by atoms with Gasteiger partial charge >= 0.3 is 123 Å². The summed E-state index contributed by atoms with van der Waals surface area (Å²) in [5, 5.41) is 17.7. The molecule has 0 unspecified atom stereocenters. The summed E-state index contributed by atoms with van der Waals surface area (Å²) in [6.45, 7) is -0.708. The first-order valence-corrected chi connectivity index (χ1v) is 8.25. The van der Waals surface area contributed by atoms with Gasteiger partial charge in [-0.05, 0) is 0 Å². The van der Waals surface area contributed by atoms with Crippen molar-refractivity contribution < 1.29 is 42.2 Å². The van der Waals surface area contributed by atoms with E-state index in [0.717, 1.165) is 0 Å². The molecule has 0 bridgehead atoms. The van der Waals surface area contributed by atoms with E-state index in [4.69, 9.17) is 10.2 Å². The molecule has 2 rings (SSSR count). The molecule has 0 amide bonds. The molecule has 8 nitrogen and oxygen atoms in total. The van der Waals surface area contributed by atoms with Crippen molar-refractivity contribution in [2.45, 2.75) is 0 Å². The van der Waals surface area contributed by atoms with Crippen LogP contribution in [0.5, 0.6) is 0 Å². The predicted octanol–water partition coefficient (Wildman–Crippen LogP) is -3.14. The fourth-order valence-electron chi connectivity index (χ4n) is 2.19. The molecule has 2 N–H and O–H groups in total. The Labute approximate surface area is 123 Å². The molecule has 2 aliphatic rings. The van der Waals surface area contributed by atoms with E-state index in [-0.39, 0.29) is 52.5 Å². The van der Waals surface area contributed by atoms with Gasteiger partial charge in [0.25, 0.3) is 0 Å². The van der Waals surface area contributed by atoms with Gasteiger partial charge in [0.1, 0.15) is 0 Å². The summed E-state index contributed by atoms with van der Waals surface area (Å²) in [5.41, 5.74) is 0. The number of β-amino-alcohol motifs (C(OH)–C–C–N with tert-alkyl or cyclic N) is 2. The number of nitrogens with zero attached hydrogens (tertiary/aromatic N) is 2. The van der Waals surface area contributed by atoms with Crippen molar-refractivity contribution in [1.82, 2.24) is 9.80 Å². The van der Waals surface area contributed by atoms with Gasteiger partial charge in [-0.1, -0.05) is 0 Å². The van der Waals surface area contributed by atoms with Crippen LogP contribution in [0.1, 0.15) is 0 Å². The first-order chi connectivity index (χ1) is 9.96. The first kappa shape index (κ1) is 16.4. The number of aliphatic hydroxyl groups is 2. The zero-order valence-electron chi connectivity index (χ0n) is 11.4. The summed E-state index contributed by atoms with van der Waals surface area (Å²) in [7, 11) is 0. The molecule has 2 aliphatic heterocycles.